The predicted molar refractivity (Wildman–Crippen MR) is 201 cm³/mol. The first-order chi connectivity index (χ1) is 24.9. The van der Waals surface area contributed by atoms with Gasteiger partial charge in [0.1, 0.15) is 33.0 Å². The molecule has 1 aliphatic rings. The molecule has 3 heterocycles. The first-order valence-electron chi connectivity index (χ1n) is 17.2. The lowest BCUT2D eigenvalue weighted by Crippen LogP contribution is -2.56. The summed E-state index contributed by atoms with van der Waals surface area (Å²) in [6, 6.07) is 18.1. The Morgan fingerprint density at radius 3 is 1.92 bits per heavy atom. The molecule has 1 unspecified atom stereocenters. The fourth-order valence-electron chi connectivity index (χ4n) is 5.90. The quantitative estimate of drug-likeness (QED) is 0.104. The summed E-state index contributed by atoms with van der Waals surface area (Å²) in [5.74, 6) is 1.82. The van der Waals surface area contributed by atoms with Crippen LogP contribution in [0.15, 0.2) is 66.9 Å². The normalized spacial score (nSPS) is 14.0. The van der Waals surface area contributed by atoms with Gasteiger partial charge < -0.3 is 28.7 Å². The van der Waals surface area contributed by atoms with Gasteiger partial charge in [-0.15, -0.1) is 11.3 Å². The summed E-state index contributed by atoms with van der Waals surface area (Å²) in [5, 5.41) is 0.589. The summed E-state index contributed by atoms with van der Waals surface area (Å²) in [5.41, 5.74) is 2.06. The Balaban J connectivity index is 1.56. The number of carbonyl (C=O) groups excluding carboxylic acids is 3. The molecule has 1 amide bonds. The Morgan fingerprint density at radius 2 is 1.42 bits per heavy atom. The first kappa shape index (κ1) is 38.2. The van der Waals surface area contributed by atoms with Crippen molar-refractivity contribution in [3.63, 3.8) is 0 Å². The van der Waals surface area contributed by atoms with Gasteiger partial charge in [-0.1, -0.05) is 31.2 Å². The van der Waals surface area contributed by atoms with Gasteiger partial charge in [-0.25, -0.2) is 14.8 Å². The van der Waals surface area contributed by atoms with Crippen LogP contribution in [0.2, 0.25) is 0 Å². The van der Waals surface area contributed by atoms with Gasteiger partial charge >= 0.3 is 6.09 Å². The molecule has 0 spiro atoms. The second-order valence-corrected chi connectivity index (χ2v) is 14.4. The molecule has 1 aliphatic heterocycles. The molecule has 1 fully saturated rings. The van der Waals surface area contributed by atoms with Crippen LogP contribution in [0, 0.1) is 0 Å². The zero-order chi connectivity index (χ0) is 37.4. The second-order valence-electron chi connectivity index (χ2n) is 13.4. The largest absolute Gasteiger partial charge is 0.497 e. The molecule has 2 aromatic carbocycles. The number of piperazine rings is 1. The molecule has 5 rings (SSSR count). The van der Waals surface area contributed by atoms with Crippen LogP contribution in [0.3, 0.4) is 0 Å². The predicted octanol–water partition coefficient (Wildman–Crippen LogP) is 6.52. The van der Waals surface area contributed by atoms with E-state index < -0.39 is 17.7 Å². The highest BCUT2D eigenvalue weighted by atomic mass is 32.1. The van der Waals surface area contributed by atoms with Gasteiger partial charge in [-0.3, -0.25) is 14.5 Å². The van der Waals surface area contributed by atoms with Crippen molar-refractivity contribution in [2.45, 2.75) is 58.8 Å². The third-order valence-electron chi connectivity index (χ3n) is 8.62. The van der Waals surface area contributed by atoms with E-state index in [2.05, 4.69) is 9.88 Å². The van der Waals surface area contributed by atoms with Crippen molar-refractivity contribution in [2.24, 2.45) is 0 Å². The highest BCUT2D eigenvalue weighted by molar-refractivity contribution is 7.17. The van der Waals surface area contributed by atoms with Crippen LogP contribution >= 0.6 is 11.3 Å². The molecule has 4 aromatic rings. The van der Waals surface area contributed by atoms with Crippen molar-refractivity contribution in [1.29, 1.82) is 0 Å². The fourth-order valence-corrected chi connectivity index (χ4v) is 6.94. The SMILES string of the molecule is CCC(=O)C(C(=O)c1sc(-c2ccnc(OC)c2)nc1N(Cc1ccc(OC)cc1)Cc1ccc(OC)cc1)N1CCN(C(=O)OC(C)(C)C)CC1. The van der Waals surface area contributed by atoms with Crippen LogP contribution in [0.25, 0.3) is 10.6 Å². The second kappa shape index (κ2) is 17.0. The molecule has 0 radical (unpaired) electrons. The molecule has 12 nitrogen and oxygen atoms in total. The van der Waals surface area contributed by atoms with Crippen LogP contribution in [0.5, 0.6) is 17.4 Å². The minimum absolute atomic E-state index is 0.173. The number of methoxy groups -OCH3 is 3. The Labute approximate surface area is 309 Å². The Kier molecular flexibility index (Phi) is 12.5. The van der Waals surface area contributed by atoms with E-state index in [0.29, 0.717) is 60.9 Å². The van der Waals surface area contributed by atoms with E-state index in [1.165, 1.54) is 11.3 Å². The molecule has 1 atom stereocenters. The highest BCUT2D eigenvalue weighted by Crippen LogP contribution is 2.37. The number of amides is 1. The summed E-state index contributed by atoms with van der Waals surface area (Å²) in [6.07, 6.45) is 1.40. The third-order valence-corrected chi connectivity index (χ3v) is 9.73. The molecular weight excluding hydrogens is 683 g/mol. The van der Waals surface area contributed by atoms with Crippen LogP contribution in [0.1, 0.15) is 54.9 Å². The summed E-state index contributed by atoms with van der Waals surface area (Å²) in [7, 11) is 4.79. The van der Waals surface area contributed by atoms with Gasteiger partial charge in [-0.2, -0.15) is 0 Å². The number of thiazole rings is 1. The van der Waals surface area contributed by atoms with Crippen LogP contribution in [0.4, 0.5) is 10.6 Å². The fraction of sp³-hybridized carbons (Fsp3) is 0.410. The van der Waals surface area contributed by atoms with Crippen LogP contribution < -0.4 is 19.1 Å². The van der Waals surface area contributed by atoms with Crippen molar-refractivity contribution in [1.82, 2.24) is 19.8 Å². The smallest absolute Gasteiger partial charge is 0.410 e. The average molecular weight is 730 g/mol. The number of hydrogen-bond acceptors (Lipinski definition) is 12. The molecule has 2 aromatic heterocycles. The van der Waals surface area contributed by atoms with Crippen LogP contribution in [-0.2, 0) is 22.6 Å². The minimum Gasteiger partial charge on any atom is -0.497 e. The number of aromatic nitrogens is 2. The van der Waals surface area contributed by atoms with Gasteiger partial charge in [0.2, 0.25) is 11.7 Å². The lowest BCUT2D eigenvalue weighted by Gasteiger charge is -2.38. The van der Waals surface area contributed by atoms with E-state index in [9.17, 15) is 14.4 Å². The maximum Gasteiger partial charge on any atom is 0.410 e. The van der Waals surface area contributed by atoms with E-state index in [1.54, 1.807) is 45.4 Å². The zero-order valence-electron chi connectivity index (χ0n) is 30.9. The number of rotatable bonds is 14. The number of nitrogens with zero attached hydrogens (tertiary/aromatic N) is 5. The van der Waals surface area contributed by atoms with Gasteiger partial charge in [0, 0.05) is 63.5 Å². The van der Waals surface area contributed by atoms with E-state index >= 15 is 0 Å². The number of anilines is 1. The number of ketones is 2. The van der Waals surface area contributed by atoms with Gasteiger partial charge in [-0.05, 0) is 62.2 Å². The number of Topliss-reactive ketones (excluding diaryl/α,β-unsaturated/α-hetero) is 2. The number of pyridine rings is 1. The van der Waals surface area contributed by atoms with Crippen molar-refractivity contribution in [3.05, 3.63) is 82.9 Å². The first-order valence-corrected chi connectivity index (χ1v) is 18.1. The van der Waals surface area contributed by atoms with Crippen molar-refractivity contribution < 1.29 is 33.3 Å². The van der Waals surface area contributed by atoms with E-state index in [1.807, 2.05) is 80.3 Å². The van der Waals surface area contributed by atoms with Crippen molar-refractivity contribution in [3.8, 4) is 28.0 Å². The molecule has 0 bridgehead atoms. The summed E-state index contributed by atoms with van der Waals surface area (Å²) < 4.78 is 21.8. The Hall–Kier alpha value is -5.01. The number of carbonyl (C=O) groups is 3. The molecule has 1 saturated heterocycles. The maximum absolute atomic E-state index is 14.9. The molecule has 276 valence electrons. The van der Waals surface area contributed by atoms with Crippen LogP contribution in [-0.4, -0.2) is 96.6 Å². The van der Waals surface area contributed by atoms with E-state index in [4.69, 9.17) is 23.9 Å². The monoisotopic (exact) mass is 729 g/mol. The van der Waals surface area contributed by atoms with Crippen molar-refractivity contribution >= 4 is 34.8 Å². The van der Waals surface area contributed by atoms with Gasteiger partial charge in [0.05, 0.1) is 21.3 Å². The van der Waals surface area contributed by atoms with Gasteiger partial charge in [0.15, 0.2) is 11.6 Å². The molecule has 0 N–H and O–H groups in total. The minimum atomic E-state index is -1.05. The molecule has 52 heavy (non-hydrogen) atoms. The van der Waals surface area contributed by atoms with E-state index in [-0.39, 0.29) is 18.0 Å². The van der Waals surface area contributed by atoms with Gasteiger partial charge in [0.25, 0.3) is 0 Å². The lowest BCUT2D eigenvalue weighted by molar-refractivity contribution is -0.122. The third kappa shape index (κ3) is 9.45. The number of benzene rings is 2. The Morgan fingerprint density at radius 1 is 0.846 bits per heavy atom. The topological polar surface area (TPSA) is 124 Å². The summed E-state index contributed by atoms with van der Waals surface area (Å²) in [6.45, 7) is 9.41. The molecular formula is C39H47N5O7S. The average Bonchev–Trinajstić information content (AvgIpc) is 3.60. The van der Waals surface area contributed by atoms with E-state index in [0.717, 1.165) is 28.2 Å². The Bertz CT molecular complexity index is 1780. The number of ether oxygens (including phenoxy) is 4. The summed E-state index contributed by atoms with van der Waals surface area (Å²) >= 11 is 1.24. The maximum atomic E-state index is 14.9. The van der Waals surface area contributed by atoms with Crippen molar-refractivity contribution in [2.75, 3.05) is 52.4 Å². The number of hydrogen-bond donors (Lipinski definition) is 0. The zero-order valence-corrected chi connectivity index (χ0v) is 31.7. The lowest BCUT2D eigenvalue weighted by atomic mass is 10.0. The standard InChI is InChI=1S/C39H47N5O7S/c1-8-31(45)33(42-19-21-43(22-20-42)38(47)51-39(2,3)4)34(46)35-36(41-37(52-35)28-17-18-40-32(23-28)50-7)44(24-26-9-13-29(48-5)14-10-26)25-27-11-15-30(49-6)16-12-27/h9-18,23,33H,8,19-22,24-25H2,1-7H3. The highest BCUT2D eigenvalue weighted by Gasteiger charge is 2.39. The molecule has 13 heteroatoms. The molecule has 0 saturated carbocycles. The molecule has 0 aliphatic carbocycles. The summed E-state index contributed by atoms with van der Waals surface area (Å²) in [4.78, 5) is 56.8.